The van der Waals surface area contributed by atoms with Gasteiger partial charge in [-0.3, -0.25) is 9.69 Å². The van der Waals surface area contributed by atoms with Crippen molar-refractivity contribution in [1.29, 1.82) is 0 Å². The second-order valence-corrected chi connectivity index (χ2v) is 10.0. The molecule has 1 aliphatic rings. The summed E-state index contributed by atoms with van der Waals surface area (Å²) in [6.07, 6.45) is -1.29. The van der Waals surface area contributed by atoms with Crippen LogP contribution in [0.5, 0.6) is 5.88 Å². The van der Waals surface area contributed by atoms with Gasteiger partial charge < -0.3 is 9.30 Å². The van der Waals surface area contributed by atoms with Gasteiger partial charge >= 0.3 is 0 Å². The number of hydrogen-bond acceptors (Lipinski definition) is 7. The van der Waals surface area contributed by atoms with Crippen molar-refractivity contribution in [3.8, 4) is 17.3 Å². The first-order valence-corrected chi connectivity index (χ1v) is 12.8. The van der Waals surface area contributed by atoms with Crippen LogP contribution in [-0.2, 0) is 0 Å². The van der Waals surface area contributed by atoms with E-state index in [-0.39, 0.29) is 23.2 Å². The number of amides is 1. The first kappa shape index (κ1) is 25.8. The number of carbonyl (C=O) groups is 1. The highest BCUT2D eigenvalue weighted by atomic mass is 35.5. The molecule has 5 aromatic rings. The number of imidazole rings is 1. The number of pyridine rings is 1. The largest absolute Gasteiger partial charge is 0.480 e. The molecule has 0 saturated carbocycles. The molecule has 1 aromatic carbocycles. The molecule has 0 N–H and O–H groups in total. The molecule has 10 nitrogen and oxygen atoms in total. The van der Waals surface area contributed by atoms with Crippen LogP contribution in [0.1, 0.15) is 65.5 Å². The third kappa shape index (κ3) is 3.89. The first-order chi connectivity index (χ1) is 19.2. The number of methoxy groups -OCH3 is 1. The lowest BCUT2D eigenvalue weighted by atomic mass is 10.0. The normalized spacial score (nSPS) is 15.1. The highest BCUT2D eigenvalue weighted by molar-refractivity contribution is 6.30. The maximum absolute atomic E-state index is 14.2. The van der Waals surface area contributed by atoms with Gasteiger partial charge in [-0.2, -0.15) is 4.52 Å². The quantitative estimate of drug-likeness (QED) is 0.263. The number of hydrogen-bond donors (Lipinski definition) is 0. The second kappa shape index (κ2) is 9.63. The predicted molar refractivity (Wildman–Crippen MR) is 143 cm³/mol. The number of carbonyl (C=O) groups excluding carboxylic acids is 1. The number of halogens is 3. The van der Waals surface area contributed by atoms with Gasteiger partial charge in [-0.15, -0.1) is 15.3 Å². The maximum atomic E-state index is 14.2. The van der Waals surface area contributed by atoms with E-state index >= 15 is 0 Å². The molecule has 0 unspecified atom stereocenters. The summed E-state index contributed by atoms with van der Waals surface area (Å²) in [5.74, 6) is 0.00960. The van der Waals surface area contributed by atoms with Gasteiger partial charge in [0.1, 0.15) is 11.9 Å². The van der Waals surface area contributed by atoms with E-state index in [1.165, 1.54) is 12.0 Å². The molecule has 6 rings (SSSR count). The highest BCUT2D eigenvalue weighted by Gasteiger charge is 2.46. The van der Waals surface area contributed by atoms with Crippen LogP contribution in [0.15, 0.2) is 48.7 Å². The second-order valence-electron chi connectivity index (χ2n) is 9.60. The van der Waals surface area contributed by atoms with Crippen molar-refractivity contribution >= 4 is 29.0 Å². The Kier molecular flexibility index (Phi) is 6.21. The molecule has 0 bridgehead atoms. The molecule has 0 spiro atoms. The van der Waals surface area contributed by atoms with E-state index in [1.54, 1.807) is 37.4 Å². The number of benzene rings is 1. The fourth-order valence-electron chi connectivity index (χ4n) is 5.12. The van der Waals surface area contributed by atoms with E-state index in [4.69, 9.17) is 21.3 Å². The van der Waals surface area contributed by atoms with Gasteiger partial charge in [-0.05, 0) is 62.2 Å². The molecule has 1 amide bonds. The van der Waals surface area contributed by atoms with E-state index in [9.17, 15) is 13.6 Å². The van der Waals surface area contributed by atoms with Crippen LogP contribution < -0.4 is 9.64 Å². The lowest BCUT2D eigenvalue weighted by Crippen LogP contribution is -2.31. The zero-order valence-electron chi connectivity index (χ0n) is 21.9. The van der Waals surface area contributed by atoms with Crippen LogP contribution in [0.3, 0.4) is 0 Å². The maximum Gasteiger partial charge on any atom is 0.299 e. The Bertz CT molecular complexity index is 1770. The van der Waals surface area contributed by atoms with Gasteiger partial charge in [-0.25, -0.2) is 18.7 Å². The Balaban J connectivity index is 1.62. The van der Waals surface area contributed by atoms with Crippen molar-refractivity contribution in [2.45, 2.75) is 39.3 Å². The third-order valence-electron chi connectivity index (χ3n) is 6.80. The number of aromatic nitrogens is 7. The Morgan fingerprint density at radius 1 is 1.10 bits per heavy atom. The molecule has 1 aliphatic heterocycles. The van der Waals surface area contributed by atoms with Crippen LogP contribution in [-0.4, -0.2) is 47.4 Å². The predicted octanol–water partition coefficient (Wildman–Crippen LogP) is 5.62. The van der Waals surface area contributed by atoms with Crippen LogP contribution >= 0.6 is 11.6 Å². The summed E-state index contributed by atoms with van der Waals surface area (Å²) < 4.78 is 35.9. The Hall–Kier alpha value is -4.45. The molecule has 13 heteroatoms. The molecular weight excluding hydrogens is 542 g/mol. The monoisotopic (exact) mass is 564 g/mol. The molecule has 0 aliphatic carbocycles. The smallest absolute Gasteiger partial charge is 0.299 e. The Morgan fingerprint density at radius 2 is 1.85 bits per heavy atom. The zero-order chi connectivity index (χ0) is 28.3. The van der Waals surface area contributed by atoms with Crippen LogP contribution in [0.4, 0.5) is 14.6 Å². The number of alkyl halides is 2. The summed E-state index contributed by atoms with van der Waals surface area (Å²) >= 11 is 6.20. The van der Waals surface area contributed by atoms with Crippen molar-refractivity contribution in [2.75, 3.05) is 12.0 Å². The van der Waals surface area contributed by atoms with Crippen molar-refractivity contribution in [2.24, 2.45) is 0 Å². The molecule has 0 fully saturated rings. The molecule has 5 heterocycles. The van der Waals surface area contributed by atoms with Gasteiger partial charge in [0.2, 0.25) is 11.7 Å². The van der Waals surface area contributed by atoms with Gasteiger partial charge in [0.25, 0.3) is 12.3 Å². The van der Waals surface area contributed by atoms with E-state index in [0.29, 0.717) is 33.5 Å². The highest BCUT2D eigenvalue weighted by Crippen LogP contribution is 2.45. The lowest BCUT2D eigenvalue weighted by molar-refractivity contribution is 0.0988. The van der Waals surface area contributed by atoms with E-state index in [2.05, 4.69) is 20.3 Å². The molecule has 4 aromatic heterocycles. The van der Waals surface area contributed by atoms with Crippen molar-refractivity contribution in [1.82, 2.24) is 34.3 Å². The number of nitrogens with zero attached hydrogens (tertiary/aromatic N) is 8. The summed E-state index contributed by atoms with van der Waals surface area (Å²) in [6, 6.07) is 11.5. The molecule has 0 radical (unpaired) electrons. The van der Waals surface area contributed by atoms with E-state index < -0.39 is 24.2 Å². The number of aryl methyl sites for hydroxylation is 1. The molecule has 204 valence electrons. The van der Waals surface area contributed by atoms with Crippen molar-refractivity contribution in [3.63, 3.8) is 0 Å². The topological polar surface area (TPSA) is 103 Å². The van der Waals surface area contributed by atoms with Crippen molar-refractivity contribution in [3.05, 3.63) is 82.0 Å². The lowest BCUT2D eigenvalue weighted by Gasteiger charge is -2.28. The van der Waals surface area contributed by atoms with Gasteiger partial charge in [0.15, 0.2) is 17.2 Å². The van der Waals surface area contributed by atoms with Crippen LogP contribution in [0, 0.1) is 6.92 Å². The summed E-state index contributed by atoms with van der Waals surface area (Å²) in [4.78, 5) is 24.8. The Labute approximate surface area is 232 Å². The average Bonchev–Trinajstić information content (AvgIpc) is 3.61. The van der Waals surface area contributed by atoms with E-state index in [0.717, 1.165) is 10.1 Å². The fourth-order valence-corrected chi connectivity index (χ4v) is 5.25. The summed E-state index contributed by atoms with van der Waals surface area (Å²) in [5, 5.41) is 12.4. The third-order valence-corrected chi connectivity index (χ3v) is 7.05. The minimum atomic E-state index is -2.90. The molecule has 0 saturated heterocycles. The van der Waals surface area contributed by atoms with Gasteiger partial charge in [-0.1, -0.05) is 23.7 Å². The SMILES string of the molecule is COc1ncccc1-c1nc2c(n1C(C)C)[C@H](c1ccc(Cl)cc1)N(c1cc(C)c3nnc(C(F)F)n3n1)C2=O. The summed E-state index contributed by atoms with van der Waals surface area (Å²) in [5.41, 5.74) is 2.92. The number of rotatable bonds is 6. The number of anilines is 1. The number of ether oxygens (including phenoxy) is 1. The molecular formula is C27H23ClF2N8O2. The minimum absolute atomic E-state index is 0.126. The summed E-state index contributed by atoms with van der Waals surface area (Å²) in [6.45, 7) is 5.68. The van der Waals surface area contributed by atoms with E-state index in [1.807, 2.05) is 36.6 Å². The average molecular weight is 565 g/mol. The zero-order valence-corrected chi connectivity index (χ0v) is 22.6. The molecule has 40 heavy (non-hydrogen) atoms. The minimum Gasteiger partial charge on any atom is -0.480 e. The number of fused-ring (bicyclic) bond motifs is 2. The molecule has 1 atom stereocenters. The van der Waals surface area contributed by atoms with Gasteiger partial charge in [0, 0.05) is 17.3 Å². The van der Waals surface area contributed by atoms with Crippen LogP contribution in [0.25, 0.3) is 17.0 Å². The fraction of sp³-hybridized carbons (Fsp3) is 0.259. The van der Waals surface area contributed by atoms with Crippen molar-refractivity contribution < 1.29 is 18.3 Å². The summed E-state index contributed by atoms with van der Waals surface area (Å²) in [7, 11) is 1.52. The first-order valence-electron chi connectivity index (χ1n) is 12.4. The van der Waals surface area contributed by atoms with Gasteiger partial charge in [0.05, 0.1) is 18.4 Å². The van der Waals surface area contributed by atoms with Crippen LogP contribution in [0.2, 0.25) is 5.02 Å². The standard InChI is InChI=1S/C27H23ClF2N8O2/c1-13(2)36-21-19(32-24(36)17-6-5-11-31-26(17)40-4)27(39)37(20(21)15-7-9-16(28)10-8-15)18-12-14(3)23-33-34-25(22(29)30)38(23)35-18/h5-13,20,22H,1-4H3/t20-/m0/s1. The Morgan fingerprint density at radius 3 is 2.52 bits per heavy atom.